The third-order valence-electron chi connectivity index (χ3n) is 2.75. The first-order chi connectivity index (χ1) is 5.90. The van der Waals surface area contributed by atoms with Crippen molar-refractivity contribution in [2.45, 2.75) is 37.9 Å². The number of rotatable bonds is 4. The lowest BCUT2D eigenvalue weighted by Crippen LogP contribution is -2.18. The van der Waals surface area contributed by atoms with Crippen LogP contribution in [-0.4, -0.2) is 25.4 Å². The Labute approximate surface area is 74.2 Å². The van der Waals surface area contributed by atoms with Gasteiger partial charge in [-0.3, -0.25) is 0 Å². The summed E-state index contributed by atoms with van der Waals surface area (Å²) in [4.78, 5) is 0. The van der Waals surface area contributed by atoms with E-state index in [1.54, 1.807) is 0 Å². The third kappa shape index (κ3) is 1.99. The first-order valence-electron chi connectivity index (χ1n) is 4.92. The Bertz CT molecular complexity index is 147. The molecule has 0 spiro atoms. The summed E-state index contributed by atoms with van der Waals surface area (Å²) >= 11 is 0. The van der Waals surface area contributed by atoms with Crippen molar-refractivity contribution < 1.29 is 9.47 Å². The average molecular weight is 169 g/mol. The van der Waals surface area contributed by atoms with Crippen molar-refractivity contribution in [3.63, 3.8) is 0 Å². The highest BCUT2D eigenvalue weighted by Crippen LogP contribution is 2.39. The normalized spacial score (nSPS) is 39.2. The maximum absolute atomic E-state index is 5.47. The van der Waals surface area contributed by atoms with Gasteiger partial charge in [-0.05, 0) is 31.6 Å². The molecule has 1 heterocycles. The van der Waals surface area contributed by atoms with Crippen LogP contribution in [0, 0.1) is 12.8 Å². The molecule has 1 saturated carbocycles. The van der Waals surface area contributed by atoms with Crippen LogP contribution in [0.4, 0.5) is 0 Å². The first kappa shape index (κ1) is 8.52. The zero-order valence-corrected chi connectivity index (χ0v) is 7.50. The van der Waals surface area contributed by atoms with Gasteiger partial charge in [0.05, 0.1) is 12.2 Å². The highest BCUT2D eigenvalue weighted by molar-refractivity contribution is 4.91. The minimum Gasteiger partial charge on any atom is -0.381 e. The quantitative estimate of drug-likeness (QED) is 0.473. The van der Waals surface area contributed by atoms with E-state index in [0.29, 0.717) is 12.2 Å². The second-order valence-electron chi connectivity index (χ2n) is 3.82. The molecule has 1 radical (unpaired) electrons. The lowest BCUT2D eigenvalue weighted by Gasteiger charge is -2.18. The van der Waals surface area contributed by atoms with Crippen LogP contribution in [0.3, 0.4) is 0 Å². The minimum absolute atomic E-state index is 0.590. The Morgan fingerprint density at radius 2 is 2.25 bits per heavy atom. The van der Waals surface area contributed by atoms with Crippen LogP contribution in [0.15, 0.2) is 0 Å². The molecule has 0 amide bonds. The lowest BCUT2D eigenvalue weighted by atomic mass is 9.90. The molecule has 1 aliphatic heterocycles. The summed E-state index contributed by atoms with van der Waals surface area (Å²) in [5.41, 5.74) is 0. The molecule has 1 aliphatic carbocycles. The molecule has 2 rings (SSSR count). The highest BCUT2D eigenvalue weighted by Gasteiger charge is 2.43. The van der Waals surface area contributed by atoms with Gasteiger partial charge in [0.15, 0.2) is 0 Å². The van der Waals surface area contributed by atoms with E-state index in [0.717, 1.165) is 25.6 Å². The zero-order valence-electron chi connectivity index (χ0n) is 7.50. The van der Waals surface area contributed by atoms with Crippen LogP contribution >= 0.6 is 0 Å². The first-order valence-corrected chi connectivity index (χ1v) is 4.92. The lowest BCUT2D eigenvalue weighted by molar-refractivity contribution is 0.0912. The second kappa shape index (κ2) is 3.75. The van der Waals surface area contributed by atoms with Crippen LogP contribution in [0.25, 0.3) is 0 Å². The van der Waals surface area contributed by atoms with E-state index in [4.69, 9.17) is 9.47 Å². The van der Waals surface area contributed by atoms with Crippen molar-refractivity contribution >= 4 is 0 Å². The molecule has 2 heteroatoms. The van der Waals surface area contributed by atoms with Gasteiger partial charge in [-0.15, -0.1) is 0 Å². The Morgan fingerprint density at radius 1 is 1.33 bits per heavy atom. The molecule has 0 aromatic carbocycles. The largest absolute Gasteiger partial charge is 0.381 e. The maximum Gasteiger partial charge on any atom is 0.0845 e. The van der Waals surface area contributed by atoms with Gasteiger partial charge in [-0.25, -0.2) is 0 Å². The van der Waals surface area contributed by atoms with Crippen molar-refractivity contribution in [1.29, 1.82) is 0 Å². The van der Waals surface area contributed by atoms with Crippen molar-refractivity contribution in [2.75, 3.05) is 13.2 Å². The average Bonchev–Trinajstić information content (AvgIpc) is 2.83. The van der Waals surface area contributed by atoms with Crippen molar-refractivity contribution in [1.82, 2.24) is 0 Å². The summed E-state index contributed by atoms with van der Waals surface area (Å²) in [5.74, 6) is 0.750. The van der Waals surface area contributed by atoms with Crippen LogP contribution < -0.4 is 0 Å². The van der Waals surface area contributed by atoms with Crippen molar-refractivity contribution in [3.05, 3.63) is 6.92 Å². The molecule has 1 saturated heterocycles. The van der Waals surface area contributed by atoms with E-state index >= 15 is 0 Å². The van der Waals surface area contributed by atoms with Gasteiger partial charge in [0.1, 0.15) is 0 Å². The second-order valence-corrected chi connectivity index (χ2v) is 3.82. The summed E-state index contributed by atoms with van der Waals surface area (Å²) in [6, 6.07) is 0. The van der Waals surface area contributed by atoms with E-state index in [1.807, 2.05) is 0 Å². The fourth-order valence-electron chi connectivity index (χ4n) is 1.99. The van der Waals surface area contributed by atoms with Gasteiger partial charge < -0.3 is 9.47 Å². The molecule has 3 unspecified atom stereocenters. The van der Waals surface area contributed by atoms with Gasteiger partial charge in [-0.2, -0.15) is 0 Å². The summed E-state index contributed by atoms with van der Waals surface area (Å²) in [6.45, 7) is 5.47. The summed E-state index contributed by atoms with van der Waals surface area (Å²) in [5, 5.41) is 0. The van der Waals surface area contributed by atoms with E-state index in [-0.39, 0.29) is 0 Å². The maximum atomic E-state index is 5.47. The molecule has 3 atom stereocenters. The number of epoxide rings is 1. The molecule has 0 bridgehead atoms. The number of hydrogen-bond donors (Lipinski definition) is 0. The van der Waals surface area contributed by atoms with E-state index < -0.39 is 0 Å². The van der Waals surface area contributed by atoms with Gasteiger partial charge in [0, 0.05) is 13.2 Å². The van der Waals surface area contributed by atoms with E-state index in [2.05, 4.69) is 6.92 Å². The van der Waals surface area contributed by atoms with Gasteiger partial charge in [0.2, 0.25) is 0 Å². The van der Waals surface area contributed by atoms with Crippen molar-refractivity contribution in [3.8, 4) is 0 Å². The van der Waals surface area contributed by atoms with Crippen LogP contribution in [-0.2, 0) is 9.47 Å². The molecule has 0 aromatic heterocycles. The van der Waals surface area contributed by atoms with E-state index in [9.17, 15) is 0 Å². The monoisotopic (exact) mass is 169 g/mol. The van der Waals surface area contributed by atoms with Crippen LogP contribution in [0.1, 0.15) is 25.7 Å². The predicted molar refractivity (Wildman–Crippen MR) is 46.8 cm³/mol. The molecular formula is C10H17O2. The Kier molecular flexibility index (Phi) is 2.66. The summed E-state index contributed by atoms with van der Waals surface area (Å²) in [6.07, 6.45) is 5.86. The summed E-state index contributed by atoms with van der Waals surface area (Å²) in [7, 11) is 0. The highest BCUT2D eigenvalue weighted by atomic mass is 16.6. The number of fused-ring (bicyclic) bond motifs is 1. The van der Waals surface area contributed by atoms with Gasteiger partial charge in [0.25, 0.3) is 0 Å². The molecule has 0 aromatic rings. The molecule has 2 fully saturated rings. The van der Waals surface area contributed by atoms with Crippen molar-refractivity contribution in [2.24, 2.45) is 5.92 Å². The molecule has 2 nitrogen and oxygen atoms in total. The van der Waals surface area contributed by atoms with E-state index in [1.165, 1.54) is 19.3 Å². The molecular weight excluding hydrogens is 152 g/mol. The SMILES string of the molecule is [CH2]CCOCC1CCC2OC2C1. The van der Waals surface area contributed by atoms with Gasteiger partial charge >= 0.3 is 0 Å². The number of ether oxygens (including phenoxy) is 2. The summed E-state index contributed by atoms with van der Waals surface area (Å²) < 4.78 is 10.9. The fraction of sp³-hybridized carbons (Fsp3) is 0.900. The number of hydrogen-bond acceptors (Lipinski definition) is 2. The molecule has 2 aliphatic rings. The van der Waals surface area contributed by atoms with Gasteiger partial charge in [-0.1, -0.05) is 6.92 Å². The Morgan fingerprint density at radius 3 is 3.00 bits per heavy atom. The van der Waals surface area contributed by atoms with Crippen LogP contribution in [0.5, 0.6) is 0 Å². The fourth-order valence-corrected chi connectivity index (χ4v) is 1.99. The zero-order chi connectivity index (χ0) is 8.39. The third-order valence-corrected chi connectivity index (χ3v) is 2.75. The van der Waals surface area contributed by atoms with Crippen LogP contribution in [0.2, 0.25) is 0 Å². The minimum atomic E-state index is 0.590. The predicted octanol–water partition coefficient (Wildman–Crippen LogP) is 1.79. The standard InChI is InChI=1S/C10H17O2/c1-2-5-11-7-8-3-4-9-10(6-8)12-9/h8-10H,1-7H2. The Hall–Kier alpha value is -0.0800. The Balaban J connectivity index is 1.61. The smallest absolute Gasteiger partial charge is 0.0845 e. The molecule has 0 N–H and O–H groups in total. The topological polar surface area (TPSA) is 21.8 Å². The molecule has 69 valence electrons. The molecule has 12 heavy (non-hydrogen) atoms.